The van der Waals surface area contributed by atoms with Crippen molar-refractivity contribution >= 4 is 23.0 Å². The summed E-state index contributed by atoms with van der Waals surface area (Å²) in [5, 5.41) is 0. The first-order valence-electron chi connectivity index (χ1n) is 4.45. The van der Waals surface area contributed by atoms with Gasteiger partial charge >= 0.3 is 0 Å². The van der Waals surface area contributed by atoms with Gasteiger partial charge in [0.05, 0.1) is 0 Å². The van der Waals surface area contributed by atoms with Crippen molar-refractivity contribution in [3.8, 4) is 0 Å². The second-order valence-electron chi connectivity index (χ2n) is 3.43. The first-order chi connectivity index (χ1) is 7.08. The smallest absolute Gasteiger partial charge is 0.292 e. The zero-order valence-electron chi connectivity index (χ0n) is 8.52. The molecule has 0 fully saturated rings. The van der Waals surface area contributed by atoms with Gasteiger partial charge < -0.3 is 15.1 Å². The molecule has 1 amide bonds. The van der Waals surface area contributed by atoms with E-state index in [1.807, 2.05) is 0 Å². The summed E-state index contributed by atoms with van der Waals surface area (Å²) in [7, 11) is 3.39. The summed E-state index contributed by atoms with van der Waals surface area (Å²) in [4.78, 5) is 17.1. The number of nitrogens with zero attached hydrogens (tertiary/aromatic N) is 2. The normalized spacial score (nSPS) is 10.5. The fourth-order valence-electron chi connectivity index (χ4n) is 1.33. The molecule has 0 aliphatic rings. The fraction of sp³-hybridized carbons (Fsp3) is 0.200. The molecule has 1 heterocycles. The molecule has 0 radical (unpaired) electrons. The van der Waals surface area contributed by atoms with Crippen molar-refractivity contribution in [1.82, 2.24) is 9.88 Å². The monoisotopic (exact) mass is 205 g/mol. The summed E-state index contributed by atoms with van der Waals surface area (Å²) in [6.07, 6.45) is 0. The minimum Gasteiger partial charge on any atom is -0.424 e. The van der Waals surface area contributed by atoms with E-state index in [-0.39, 0.29) is 11.9 Å². The Hall–Kier alpha value is -2.04. The van der Waals surface area contributed by atoms with Crippen LogP contribution >= 0.6 is 0 Å². The van der Waals surface area contributed by atoms with Crippen molar-refractivity contribution in [2.75, 3.05) is 19.8 Å². The Morgan fingerprint density at radius 3 is 2.87 bits per heavy atom. The molecule has 0 aliphatic carbocycles. The van der Waals surface area contributed by atoms with Gasteiger partial charge in [-0.3, -0.25) is 4.79 Å². The predicted molar refractivity (Wildman–Crippen MR) is 56.4 cm³/mol. The molecule has 0 saturated carbocycles. The number of rotatable bonds is 1. The van der Waals surface area contributed by atoms with Gasteiger partial charge in [0, 0.05) is 19.7 Å². The minimum absolute atomic E-state index is 0.0770. The number of fused-ring (bicyclic) bond motifs is 1. The number of carbonyl (C=O) groups excluding carboxylic acids is 1. The van der Waals surface area contributed by atoms with Gasteiger partial charge in [-0.2, -0.15) is 4.98 Å². The summed E-state index contributed by atoms with van der Waals surface area (Å²) in [6.45, 7) is 0. The van der Waals surface area contributed by atoms with Gasteiger partial charge in [0.2, 0.25) is 0 Å². The largest absolute Gasteiger partial charge is 0.424 e. The van der Waals surface area contributed by atoms with E-state index in [9.17, 15) is 4.79 Å². The van der Waals surface area contributed by atoms with Crippen LogP contribution in [-0.2, 0) is 0 Å². The summed E-state index contributed by atoms with van der Waals surface area (Å²) >= 11 is 0. The SMILES string of the molecule is CN(C)C(=O)c1ccc2nc(N)oc2c1. The van der Waals surface area contributed by atoms with Crippen LogP contribution in [0.5, 0.6) is 0 Å². The third-order valence-corrected chi connectivity index (χ3v) is 2.06. The molecular weight excluding hydrogens is 194 g/mol. The molecule has 2 N–H and O–H groups in total. The molecule has 1 aromatic carbocycles. The van der Waals surface area contributed by atoms with Gasteiger partial charge in [-0.15, -0.1) is 0 Å². The molecule has 0 unspecified atom stereocenters. The topological polar surface area (TPSA) is 72.4 Å². The molecule has 5 heteroatoms. The Kier molecular flexibility index (Phi) is 2.07. The molecule has 2 rings (SSSR count). The van der Waals surface area contributed by atoms with Gasteiger partial charge in [0.1, 0.15) is 5.52 Å². The van der Waals surface area contributed by atoms with Crippen molar-refractivity contribution in [3.63, 3.8) is 0 Å². The highest BCUT2D eigenvalue weighted by Crippen LogP contribution is 2.18. The minimum atomic E-state index is -0.0770. The Morgan fingerprint density at radius 1 is 1.47 bits per heavy atom. The van der Waals surface area contributed by atoms with E-state index in [1.54, 1.807) is 32.3 Å². The maximum Gasteiger partial charge on any atom is 0.292 e. The highest BCUT2D eigenvalue weighted by Gasteiger charge is 2.10. The van der Waals surface area contributed by atoms with Crippen molar-refractivity contribution < 1.29 is 9.21 Å². The first-order valence-corrected chi connectivity index (χ1v) is 4.45. The van der Waals surface area contributed by atoms with Crippen LogP contribution in [0.1, 0.15) is 10.4 Å². The van der Waals surface area contributed by atoms with Crippen LogP contribution in [0.2, 0.25) is 0 Å². The molecule has 0 atom stereocenters. The van der Waals surface area contributed by atoms with Crippen molar-refractivity contribution in [2.24, 2.45) is 0 Å². The highest BCUT2D eigenvalue weighted by atomic mass is 16.4. The first kappa shape index (κ1) is 9.51. The summed E-state index contributed by atoms with van der Waals surface area (Å²) in [5.74, 6) is -0.0770. The zero-order chi connectivity index (χ0) is 11.0. The van der Waals surface area contributed by atoms with Crippen LogP contribution in [0, 0.1) is 0 Å². The number of carbonyl (C=O) groups is 1. The molecule has 0 bridgehead atoms. The number of nitrogen functional groups attached to an aromatic ring is 1. The second-order valence-corrected chi connectivity index (χ2v) is 3.43. The standard InChI is InChI=1S/C10H11N3O2/c1-13(2)9(14)6-3-4-7-8(5-6)15-10(11)12-7/h3-5H,1-2H3,(H2,11,12). The number of aromatic nitrogens is 1. The van der Waals surface area contributed by atoms with E-state index in [0.717, 1.165) is 0 Å². The number of oxazole rings is 1. The number of nitrogens with two attached hydrogens (primary N) is 1. The average Bonchev–Trinajstić information content (AvgIpc) is 2.55. The molecule has 0 spiro atoms. The van der Waals surface area contributed by atoms with Crippen LogP contribution in [0.25, 0.3) is 11.1 Å². The van der Waals surface area contributed by atoms with E-state index >= 15 is 0 Å². The zero-order valence-corrected chi connectivity index (χ0v) is 8.52. The maximum atomic E-state index is 11.6. The van der Waals surface area contributed by atoms with Gasteiger partial charge in [-0.25, -0.2) is 0 Å². The van der Waals surface area contributed by atoms with Gasteiger partial charge in [0.15, 0.2) is 5.58 Å². The van der Waals surface area contributed by atoms with E-state index in [4.69, 9.17) is 10.2 Å². The number of hydrogen-bond acceptors (Lipinski definition) is 4. The average molecular weight is 205 g/mol. The van der Waals surface area contributed by atoms with E-state index in [1.165, 1.54) is 4.90 Å². The molecule has 2 aromatic rings. The Balaban J connectivity index is 2.51. The second kappa shape index (κ2) is 3.27. The molecule has 15 heavy (non-hydrogen) atoms. The van der Waals surface area contributed by atoms with Crippen LogP contribution in [0.3, 0.4) is 0 Å². The summed E-state index contributed by atoms with van der Waals surface area (Å²) in [5.41, 5.74) is 7.15. The molecule has 78 valence electrons. The van der Waals surface area contributed by atoms with Gasteiger partial charge in [-0.05, 0) is 18.2 Å². The Bertz CT molecular complexity index is 516. The van der Waals surface area contributed by atoms with Crippen LogP contribution in [0.4, 0.5) is 6.01 Å². The van der Waals surface area contributed by atoms with E-state index in [0.29, 0.717) is 16.7 Å². The summed E-state index contributed by atoms with van der Waals surface area (Å²) in [6, 6.07) is 5.17. The number of anilines is 1. The van der Waals surface area contributed by atoms with Crippen molar-refractivity contribution in [3.05, 3.63) is 23.8 Å². The molecule has 0 saturated heterocycles. The van der Waals surface area contributed by atoms with Gasteiger partial charge in [0.25, 0.3) is 11.9 Å². The third kappa shape index (κ3) is 1.63. The number of amides is 1. The Morgan fingerprint density at radius 2 is 2.20 bits per heavy atom. The van der Waals surface area contributed by atoms with Crippen molar-refractivity contribution in [1.29, 1.82) is 0 Å². The van der Waals surface area contributed by atoms with E-state index in [2.05, 4.69) is 4.98 Å². The van der Waals surface area contributed by atoms with Gasteiger partial charge in [-0.1, -0.05) is 0 Å². The lowest BCUT2D eigenvalue weighted by atomic mass is 10.2. The third-order valence-electron chi connectivity index (χ3n) is 2.06. The lowest BCUT2D eigenvalue weighted by Gasteiger charge is -2.09. The molecular formula is C10H11N3O2. The number of benzene rings is 1. The highest BCUT2D eigenvalue weighted by molar-refractivity contribution is 5.96. The number of hydrogen-bond donors (Lipinski definition) is 1. The van der Waals surface area contributed by atoms with Crippen LogP contribution < -0.4 is 5.73 Å². The molecule has 0 aliphatic heterocycles. The maximum absolute atomic E-state index is 11.6. The summed E-state index contributed by atoms with van der Waals surface area (Å²) < 4.78 is 5.13. The van der Waals surface area contributed by atoms with E-state index < -0.39 is 0 Å². The molecule has 5 nitrogen and oxygen atoms in total. The van der Waals surface area contributed by atoms with Crippen LogP contribution in [-0.4, -0.2) is 29.9 Å². The molecule has 1 aromatic heterocycles. The Labute approximate surface area is 86.5 Å². The van der Waals surface area contributed by atoms with Crippen molar-refractivity contribution in [2.45, 2.75) is 0 Å². The lowest BCUT2D eigenvalue weighted by Crippen LogP contribution is -2.21. The predicted octanol–water partition coefficient (Wildman–Crippen LogP) is 1.11. The quantitative estimate of drug-likeness (QED) is 0.756. The van der Waals surface area contributed by atoms with Crippen LogP contribution in [0.15, 0.2) is 22.6 Å². The fourth-order valence-corrected chi connectivity index (χ4v) is 1.33. The lowest BCUT2D eigenvalue weighted by molar-refractivity contribution is 0.0827.